The number of carbonyl (C=O) groups excluding carboxylic acids is 2. The number of carbonyl (C=O) groups is 2. The first kappa shape index (κ1) is 19.5. The normalized spacial score (nSPS) is 15.8. The number of H-pyrrole nitrogens is 1. The van der Waals surface area contributed by atoms with Crippen LogP contribution >= 0.6 is 11.3 Å². The third kappa shape index (κ3) is 3.31. The zero-order valence-electron chi connectivity index (χ0n) is 17.4. The van der Waals surface area contributed by atoms with Crippen LogP contribution in [0.1, 0.15) is 27.2 Å². The number of nitrogens with one attached hydrogen (secondary N) is 1. The molecule has 6 nitrogen and oxygen atoms in total. The quantitative estimate of drug-likeness (QED) is 0.466. The minimum atomic E-state index is -0.655. The number of aromatic nitrogens is 2. The molecule has 0 fully saturated rings. The lowest BCUT2D eigenvalue weighted by atomic mass is 10.1. The summed E-state index contributed by atoms with van der Waals surface area (Å²) in [5.74, 6) is 0.230. The second-order valence-electron chi connectivity index (χ2n) is 7.68. The van der Waals surface area contributed by atoms with Gasteiger partial charge in [-0.3, -0.25) is 14.5 Å². The summed E-state index contributed by atoms with van der Waals surface area (Å²) >= 11 is 1.63. The van der Waals surface area contributed by atoms with Crippen LogP contribution in [0.4, 0.5) is 5.69 Å². The highest BCUT2D eigenvalue weighted by molar-refractivity contribution is 7.11. The fourth-order valence-corrected chi connectivity index (χ4v) is 4.89. The third-order valence-electron chi connectivity index (χ3n) is 5.54. The Bertz CT molecular complexity index is 1340. The number of amides is 1. The van der Waals surface area contributed by atoms with Crippen LogP contribution in [0.25, 0.3) is 22.2 Å². The zero-order valence-corrected chi connectivity index (χ0v) is 18.2. The van der Waals surface area contributed by atoms with Crippen molar-refractivity contribution in [3.63, 3.8) is 0 Å². The predicted molar refractivity (Wildman–Crippen MR) is 122 cm³/mol. The van der Waals surface area contributed by atoms with Gasteiger partial charge in [-0.1, -0.05) is 18.2 Å². The van der Waals surface area contributed by atoms with Gasteiger partial charge in [0, 0.05) is 33.1 Å². The molecule has 0 bridgehead atoms. The smallest absolute Gasteiger partial charge is 0.268 e. The summed E-state index contributed by atoms with van der Waals surface area (Å²) in [6.07, 6.45) is 1.05. The molecular weight excluding hydrogens is 410 g/mol. The van der Waals surface area contributed by atoms with Crippen molar-refractivity contribution >= 4 is 39.6 Å². The number of ketones is 1. The number of thiazole rings is 1. The lowest BCUT2D eigenvalue weighted by Gasteiger charge is -2.33. The molecule has 1 aliphatic heterocycles. The van der Waals surface area contributed by atoms with Gasteiger partial charge >= 0.3 is 0 Å². The van der Waals surface area contributed by atoms with Crippen molar-refractivity contribution in [2.75, 3.05) is 11.4 Å². The number of rotatable bonds is 4. The second-order valence-corrected chi connectivity index (χ2v) is 9.08. The molecule has 1 aliphatic rings. The Kier molecular flexibility index (Phi) is 4.63. The van der Waals surface area contributed by atoms with Gasteiger partial charge in [0.1, 0.15) is 5.75 Å². The molecule has 1 N–H and O–H groups in total. The van der Waals surface area contributed by atoms with Gasteiger partial charge in [-0.05, 0) is 45.0 Å². The number of para-hydroxylation sites is 1. The van der Waals surface area contributed by atoms with Gasteiger partial charge in [-0.25, -0.2) is 4.98 Å². The molecule has 1 amide bonds. The average Bonchev–Trinajstić information content (AvgIpc) is 3.33. The molecule has 1 unspecified atom stereocenters. The number of hydrogen-bond acceptors (Lipinski definition) is 5. The average molecular weight is 432 g/mol. The van der Waals surface area contributed by atoms with Crippen LogP contribution < -0.4 is 9.64 Å². The minimum absolute atomic E-state index is 0.0556. The van der Waals surface area contributed by atoms with Crippen LogP contribution in [0.15, 0.2) is 48.7 Å². The van der Waals surface area contributed by atoms with Crippen molar-refractivity contribution < 1.29 is 14.3 Å². The number of anilines is 1. The van der Waals surface area contributed by atoms with Crippen molar-refractivity contribution in [1.82, 2.24) is 9.97 Å². The first-order chi connectivity index (χ1) is 14.9. The van der Waals surface area contributed by atoms with Crippen LogP contribution in [0.3, 0.4) is 0 Å². The molecule has 0 saturated heterocycles. The topological polar surface area (TPSA) is 75.3 Å². The van der Waals surface area contributed by atoms with Gasteiger partial charge < -0.3 is 9.72 Å². The first-order valence-corrected chi connectivity index (χ1v) is 10.9. The van der Waals surface area contributed by atoms with Crippen LogP contribution in [0.5, 0.6) is 5.75 Å². The monoisotopic (exact) mass is 431 g/mol. The maximum atomic E-state index is 13.2. The lowest BCUT2D eigenvalue weighted by molar-refractivity contribution is -0.125. The molecule has 31 heavy (non-hydrogen) atoms. The van der Waals surface area contributed by atoms with E-state index in [2.05, 4.69) is 9.97 Å². The molecule has 3 heterocycles. The Balaban J connectivity index is 1.54. The van der Waals surface area contributed by atoms with Gasteiger partial charge in [-0.15, -0.1) is 11.3 Å². The van der Waals surface area contributed by atoms with Crippen LogP contribution in [-0.4, -0.2) is 34.3 Å². The minimum Gasteiger partial charge on any atom is -0.479 e. The molecule has 5 rings (SSSR count). The maximum Gasteiger partial charge on any atom is 0.268 e. The first-order valence-electron chi connectivity index (χ1n) is 10.1. The van der Waals surface area contributed by atoms with Crippen molar-refractivity contribution in [2.45, 2.75) is 26.9 Å². The van der Waals surface area contributed by atoms with E-state index in [1.807, 2.05) is 56.3 Å². The van der Waals surface area contributed by atoms with Crippen LogP contribution in [-0.2, 0) is 4.79 Å². The number of benzene rings is 2. The van der Waals surface area contributed by atoms with Gasteiger partial charge in [0.15, 0.2) is 11.9 Å². The maximum absolute atomic E-state index is 13.2. The summed E-state index contributed by atoms with van der Waals surface area (Å²) in [6, 6.07) is 13.3. The van der Waals surface area contributed by atoms with E-state index >= 15 is 0 Å². The predicted octanol–water partition coefficient (Wildman–Crippen LogP) is 4.91. The van der Waals surface area contributed by atoms with E-state index in [-0.39, 0.29) is 18.2 Å². The van der Waals surface area contributed by atoms with Gasteiger partial charge in [-0.2, -0.15) is 0 Å². The highest BCUT2D eigenvalue weighted by atomic mass is 32.1. The highest BCUT2D eigenvalue weighted by Gasteiger charge is 2.33. The lowest BCUT2D eigenvalue weighted by Crippen LogP contribution is -2.46. The number of fused-ring (bicyclic) bond motifs is 2. The summed E-state index contributed by atoms with van der Waals surface area (Å²) in [7, 11) is 0. The number of aryl methyl sites for hydroxylation is 2. The Morgan fingerprint density at radius 1 is 1.23 bits per heavy atom. The van der Waals surface area contributed by atoms with Gasteiger partial charge in [0.2, 0.25) is 0 Å². The Morgan fingerprint density at radius 2 is 2.03 bits per heavy atom. The molecule has 156 valence electrons. The summed E-state index contributed by atoms with van der Waals surface area (Å²) in [5, 5.41) is 1.83. The zero-order chi connectivity index (χ0) is 21.7. The number of nitrogens with zero attached hydrogens (tertiary/aromatic N) is 2. The molecular formula is C24H21N3O3S. The largest absolute Gasteiger partial charge is 0.479 e. The van der Waals surface area contributed by atoms with E-state index in [9.17, 15) is 9.59 Å². The molecule has 0 saturated carbocycles. The van der Waals surface area contributed by atoms with E-state index in [0.717, 1.165) is 32.0 Å². The van der Waals surface area contributed by atoms with Crippen LogP contribution in [0.2, 0.25) is 0 Å². The summed E-state index contributed by atoms with van der Waals surface area (Å²) < 4.78 is 5.82. The number of ether oxygens (including phenoxy) is 1. The van der Waals surface area contributed by atoms with Crippen molar-refractivity contribution in [3.05, 3.63) is 64.1 Å². The molecule has 7 heteroatoms. The van der Waals surface area contributed by atoms with Gasteiger partial charge in [0.25, 0.3) is 5.91 Å². The molecule has 4 aromatic rings. The van der Waals surface area contributed by atoms with Gasteiger partial charge in [0.05, 0.1) is 22.9 Å². The SMILES string of the molecule is Cc1nc(-c2ccc3c(c2)N(CC(=O)c2c[nH]c4ccccc24)C(=O)C(C)O3)c(C)s1. The number of aromatic amines is 1. The third-order valence-corrected chi connectivity index (χ3v) is 6.42. The fraction of sp³-hybridized carbons (Fsp3) is 0.208. The Morgan fingerprint density at radius 3 is 2.81 bits per heavy atom. The molecule has 0 radical (unpaired) electrons. The number of Topliss-reactive ketones (excluding diaryl/α,β-unsaturated/α-hetero) is 1. The summed E-state index contributed by atoms with van der Waals surface area (Å²) in [5.41, 5.74) is 3.85. The van der Waals surface area contributed by atoms with E-state index in [1.54, 1.807) is 24.5 Å². The molecule has 2 aromatic heterocycles. The van der Waals surface area contributed by atoms with Crippen LogP contribution in [0, 0.1) is 13.8 Å². The Hall–Kier alpha value is -3.45. The highest BCUT2D eigenvalue weighted by Crippen LogP contribution is 2.39. The fourth-order valence-electron chi connectivity index (χ4n) is 4.05. The van der Waals surface area contributed by atoms with E-state index < -0.39 is 6.10 Å². The number of hydrogen-bond donors (Lipinski definition) is 1. The van der Waals surface area contributed by atoms with Crippen molar-refractivity contribution in [1.29, 1.82) is 0 Å². The molecule has 0 spiro atoms. The molecule has 1 atom stereocenters. The van der Waals surface area contributed by atoms with Crippen molar-refractivity contribution in [3.8, 4) is 17.0 Å². The standard InChI is InChI=1S/C24H21N3O3S/c1-13-24(29)27(12-21(28)18-11-25-19-7-5-4-6-17(18)19)20-10-16(8-9-22(20)30-13)23-14(2)31-15(3)26-23/h4-11,13,25H,12H2,1-3H3. The second kappa shape index (κ2) is 7.35. The molecule has 0 aliphatic carbocycles. The summed E-state index contributed by atoms with van der Waals surface area (Å²) in [4.78, 5) is 36.6. The van der Waals surface area contributed by atoms with Crippen molar-refractivity contribution in [2.24, 2.45) is 0 Å². The van der Waals surface area contributed by atoms with E-state index in [1.165, 1.54) is 4.90 Å². The van der Waals surface area contributed by atoms with E-state index in [0.29, 0.717) is 17.0 Å². The summed E-state index contributed by atoms with van der Waals surface area (Å²) in [6.45, 7) is 5.65. The van der Waals surface area contributed by atoms with E-state index in [4.69, 9.17) is 4.74 Å². The Labute approximate surface area is 183 Å². The molecule has 2 aromatic carbocycles.